The highest BCUT2D eigenvalue weighted by molar-refractivity contribution is 5.71. The Balaban J connectivity index is 1.59. The second kappa shape index (κ2) is 6.01. The molecule has 2 heteroatoms. The predicted molar refractivity (Wildman–Crippen MR) is 94.4 cm³/mol. The lowest BCUT2D eigenvalue weighted by atomic mass is 10.1. The van der Waals surface area contributed by atoms with Crippen LogP contribution >= 0.6 is 0 Å². The van der Waals surface area contributed by atoms with Gasteiger partial charge in [0.2, 0.25) is 0 Å². The Hall–Kier alpha value is -3.00. The molecule has 0 unspecified atom stereocenters. The summed E-state index contributed by atoms with van der Waals surface area (Å²) in [5, 5.41) is 0. The fraction of sp³-hybridized carbons (Fsp3) is 0.0476. The zero-order chi connectivity index (χ0) is 15.5. The Morgan fingerprint density at radius 3 is 2.22 bits per heavy atom. The number of allylic oxidation sites excluding steroid dienone is 1. The van der Waals surface area contributed by atoms with E-state index in [2.05, 4.69) is 53.6 Å². The van der Waals surface area contributed by atoms with E-state index in [1.54, 1.807) is 0 Å². The predicted octanol–water partition coefficient (Wildman–Crippen LogP) is 5.69. The fourth-order valence-corrected chi connectivity index (χ4v) is 2.81. The first-order valence-electron chi connectivity index (χ1n) is 7.77. The highest BCUT2D eigenvalue weighted by atomic mass is 16.5. The fourth-order valence-electron chi connectivity index (χ4n) is 2.81. The van der Waals surface area contributed by atoms with Crippen LogP contribution in [-0.4, -0.2) is 0 Å². The third-order valence-corrected chi connectivity index (χ3v) is 3.94. The minimum Gasteiger partial charge on any atom is -0.457 e. The first-order chi connectivity index (χ1) is 11.4. The van der Waals surface area contributed by atoms with Crippen molar-refractivity contribution in [3.63, 3.8) is 0 Å². The molecule has 0 bridgehead atoms. The van der Waals surface area contributed by atoms with Crippen LogP contribution in [-0.2, 0) is 6.42 Å². The van der Waals surface area contributed by atoms with Gasteiger partial charge in [-0.15, -0.1) is 0 Å². The van der Waals surface area contributed by atoms with Crippen LogP contribution in [0.4, 0.5) is 11.4 Å². The summed E-state index contributed by atoms with van der Waals surface area (Å²) < 4.78 is 5.85. The summed E-state index contributed by atoms with van der Waals surface area (Å²) in [4.78, 5) is 2.21. The monoisotopic (exact) mass is 299 g/mol. The first-order valence-corrected chi connectivity index (χ1v) is 7.77. The van der Waals surface area contributed by atoms with Gasteiger partial charge in [0, 0.05) is 17.6 Å². The van der Waals surface area contributed by atoms with Gasteiger partial charge in [-0.05, 0) is 54.4 Å². The van der Waals surface area contributed by atoms with E-state index in [1.165, 1.54) is 11.3 Å². The molecule has 0 atom stereocenters. The summed E-state index contributed by atoms with van der Waals surface area (Å²) in [6, 6.07) is 26.5. The summed E-state index contributed by atoms with van der Waals surface area (Å²) in [5.41, 5.74) is 3.72. The largest absolute Gasteiger partial charge is 0.457 e. The van der Waals surface area contributed by atoms with Crippen LogP contribution in [0.2, 0.25) is 0 Å². The molecule has 1 heterocycles. The molecule has 23 heavy (non-hydrogen) atoms. The zero-order valence-corrected chi connectivity index (χ0v) is 12.7. The second-order valence-corrected chi connectivity index (χ2v) is 5.50. The Morgan fingerprint density at radius 1 is 0.696 bits per heavy atom. The maximum Gasteiger partial charge on any atom is 0.127 e. The van der Waals surface area contributed by atoms with Gasteiger partial charge < -0.3 is 9.64 Å². The molecule has 2 nitrogen and oxygen atoms in total. The lowest BCUT2D eigenvalue weighted by Crippen LogP contribution is -2.13. The number of ether oxygens (including phenoxy) is 1. The number of hydrogen-bond acceptors (Lipinski definition) is 2. The molecule has 0 saturated carbocycles. The number of para-hydroxylation sites is 2. The number of fused-ring (bicyclic) bond motifs is 1. The van der Waals surface area contributed by atoms with Gasteiger partial charge in [-0.1, -0.05) is 42.5 Å². The molecule has 4 rings (SSSR count). The van der Waals surface area contributed by atoms with E-state index in [1.807, 2.05) is 42.5 Å². The quantitative estimate of drug-likeness (QED) is 0.616. The Kier molecular flexibility index (Phi) is 3.57. The summed E-state index contributed by atoms with van der Waals surface area (Å²) >= 11 is 0. The lowest BCUT2D eigenvalue weighted by Gasteiger charge is -2.26. The van der Waals surface area contributed by atoms with Crippen LogP contribution in [0.5, 0.6) is 11.5 Å². The smallest absolute Gasteiger partial charge is 0.127 e. The van der Waals surface area contributed by atoms with E-state index >= 15 is 0 Å². The molecule has 3 aromatic rings. The SMILES string of the molecule is C1=CN(c2ccc(Oc3ccccc3)cc2)c2ccccc2C1. The summed E-state index contributed by atoms with van der Waals surface area (Å²) in [6.07, 6.45) is 5.31. The Labute approximate surface area is 136 Å². The van der Waals surface area contributed by atoms with Crippen molar-refractivity contribution in [1.82, 2.24) is 0 Å². The van der Waals surface area contributed by atoms with Gasteiger partial charge in [-0.2, -0.15) is 0 Å². The maximum atomic E-state index is 5.85. The first kappa shape index (κ1) is 13.6. The van der Waals surface area contributed by atoms with E-state index in [-0.39, 0.29) is 0 Å². The van der Waals surface area contributed by atoms with Crippen molar-refractivity contribution in [2.45, 2.75) is 6.42 Å². The average molecular weight is 299 g/mol. The van der Waals surface area contributed by atoms with Gasteiger partial charge in [0.05, 0.1) is 0 Å². The van der Waals surface area contributed by atoms with E-state index in [0.29, 0.717) is 0 Å². The number of anilines is 2. The standard InChI is InChI=1S/C21H17NO/c1-2-9-19(10-3-1)23-20-14-12-18(13-15-20)22-16-6-8-17-7-4-5-11-21(17)22/h1-7,9-16H,8H2. The third-order valence-electron chi connectivity index (χ3n) is 3.94. The van der Waals surface area contributed by atoms with Gasteiger partial charge in [0.25, 0.3) is 0 Å². The minimum absolute atomic E-state index is 0.842. The number of benzene rings is 3. The molecule has 1 aliphatic heterocycles. The van der Waals surface area contributed by atoms with Gasteiger partial charge in [0.15, 0.2) is 0 Å². The molecule has 0 spiro atoms. The number of nitrogens with zero attached hydrogens (tertiary/aromatic N) is 1. The third kappa shape index (κ3) is 2.84. The summed E-state index contributed by atoms with van der Waals surface area (Å²) in [7, 11) is 0. The van der Waals surface area contributed by atoms with E-state index in [0.717, 1.165) is 23.6 Å². The van der Waals surface area contributed by atoms with E-state index in [9.17, 15) is 0 Å². The van der Waals surface area contributed by atoms with E-state index < -0.39 is 0 Å². The van der Waals surface area contributed by atoms with E-state index in [4.69, 9.17) is 4.74 Å². The highest BCUT2D eigenvalue weighted by Crippen LogP contribution is 2.33. The average Bonchev–Trinajstić information content (AvgIpc) is 2.63. The van der Waals surface area contributed by atoms with Crippen LogP contribution in [0, 0.1) is 0 Å². The van der Waals surface area contributed by atoms with Crippen LogP contribution < -0.4 is 9.64 Å². The van der Waals surface area contributed by atoms with Gasteiger partial charge in [-0.25, -0.2) is 0 Å². The number of rotatable bonds is 3. The molecule has 112 valence electrons. The lowest BCUT2D eigenvalue weighted by molar-refractivity contribution is 0.483. The van der Waals surface area contributed by atoms with Crippen molar-refractivity contribution in [3.8, 4) is 11.5 Å². The van der Waals surface area contributed by atoms with Crippen LogP contribution in [0.3, 0.4) is 0 Å². The normalized spacial score (nSPS) is 12.8. The summed E-state index contributed by atoms with van der Waals surface area (Å²) in [6.45, 7) is 0. The van der Waals surface area contributed by atoms with Crippen LogP contribution in [0.25, 0.3) is 0 Å². The molecule has 0 saturated heterocycles. The zero-order valence-electron chi connectivity index (χ0n) is 12.7. The van der Waals surface area contributed by atoms with Crippen molar-refractivity contribution in [2.24, 2.45) is 0 Å². The highest BCUT2D eigenvalue weighted by Gasteiger charge is 2.13. The van der Waals surface area contributed by atoms with Crippen molar-refractivity contribution in [1.29, 1.82) is 0 Å². The molecular formula is C21H17NO. The molecule has 3 aromatic carbocycles. The molecular weight excluding hydrogens is 282 g/mol. The topological polar surface area (TPSA) is 12.5 Å². The van der Waals surface area contributed by atoms with Crippen LogP contribution in [0.15, 0.2) is 91.1 Å². The van der Waals surface area contributed by atoms with Crippen molar-refractivity contribution >= 4 is 11.4 Å². The van der Waals surface area contributed by atoms with Gasteiger partial charge in [0.1, 0.15) is 11.5 Å². The number of hydrogen-bond donors (Lipinski definition) is 0. The Morgan fingerprint density at radius 2 is 1.39 bits per heavy atom. The Bertz CT molecular complexity index is 822. The molecule has 0 aliphatic carbocycles. The molecule has 1 aliphatic rings. The molecule has 0 N–H and O–H groups in total. The summed E-state index contributed by atoms with van der Waals surface area (Å²) in [5.74, 6) is 1.69. The van der Waals surface area contributed by atoms with Gasteiger partial charge >= 0.3 is 0 Å². The molecule has 0 fully saturated rings. The van der Waals surface area contributed by atoms with Crippen molar-refractivity contribution in [2.75, 3.05) is 4.90 Å². The van der Waals surface area contributed by atoms with Crippen LogP contribution in [0.1, 0.15) is 5.56 Å². The van der Waals surface area contributed by atoms with Gasteiger partial charge in [-0.3, -0.25) is 0 Å². The molecule has 0 aromatic heterocycles. The molecule has 0 amide bonds. The maximum absolute atomic E-state index is 5.85. The van der Waals surface area contributed by atoms with Crippen molar-refractivity contribution in [3.05, 3.63) is 96.7 Å². The molecule has 0 radical (unpaired) electrons. The van der Waals surface area contributed by atoms with Crippen molar-refractivity contribution < 1.29 is 4.74 Å². The second-order valence-electron chi connectivity index (χ2n) is 5.50. The minimum atomic E-state index is 0.842.